The molecule has 4 N–H and O–H groups in total. The van der Waals surface area contributed by atoms with Crippen molar-refractivity contribution in [1.82, 2.24) is 0 Å². The van der Waals surface area contributed by atoms with Crippen LogP contribution in [0.2, 0.25) is 0 Å². The molecule has 0 amide bonds. The van der Waals surface area contributed by atoms with Crippen molar-refractivity contribution >= 4 is 0 Å². The molecular weight excluding hydrogens is 164 g/mol. The standard InChI is InChI=1S/C7H14O5/c1-4-2-5(9)6(10)7(11,3-8)12-4/h4-6,8-11H,2-3H2,1H3/t4-,5+,6-,7+/m0/s1. The fraction of sp³-hybridized carbons (Fsp3) is 1.00. The van der Waals surface area contributed by atoms with Crippen molar-refractivity contribution in [1.29, 1.82) is 0 Å². The molecule has 0 bridgehead atoms. The normalized spacial score (nSPS) is 49.2. The molecule has 1 aliphatic heterocycles. The molecule has 5 nitrogen and oxygen atoms in total. The van der Waals surface area contributed by atoms with Gasteiger partial charge in [0, 0.05) is 6.42 Å². The second-order valence-corrected chi connectivity index (χ2v) is 3.18. The van der Waals surface area contributed by atoms with E-state index in [-0.39, 0.29) is 12.5 Å². The number of aliphatic hydroxyl groups is 4. The van der Waals surface area contributed by atoms with Gasteiger partial charge in [0.15, 0.2) is 0 Å². The highest BCUT2D eigenvalue weighted by Gasteiger charge is 2.46. The molecule has 0 aliphatic carbocycles. The van der Waals surface area contributed by atoms with Gasteiger partial charge in [-0.2, -0.15) is 0 Å². The Bertz CT molecular complexity index is 162. The van der Waals surface area contributed by atoms with Gasteiger partial charge in [0.2, 0.25) is 5.79 Å². The second kappa shape index (κ2) is 3.27. The molecule has 1 saturated heterocycles. The summed E-state index contributed by atoms with van der Waals surface area (Å²) < 4.78 is 4.90. The van der Waals surface area contributed by atoms with Crippen molar-refractivity contribution in [2.45, 2.75) is 37.4 Å². The summed E-state index contributed by atoms with van der Waals surface area (Å²) in [6, 6.07) is 0. The fourth-order valence-corrected chi connectivity index (χ4v) is 1.37. The van der Waals surface area contributed by atoms with Gasteiger partial charge in [-0.1, -0.05) is 0 Å². The first-order valence-electron chi connectivity index (χ1n) is 3.87. The van der Waals surface area contributed by atoms with Crippen LogP contribution < -0.4 is 0 Å². The van der Waals surface area contributed by atoms with Crippen molar-refractivity contribution in [3.63, 3.8) is 0 Å². The molecule has 72 valence electrons. The zero-order chi connectivity index (χ0) is 9.35. The van der Waals surface area contributed by atoms with E-state index < -0.39 is 24.6 Å². The molecular formula is C7H14O5. The highest BCUT2D eigenvalue weighted by atomic mass is 16.7. The highest BCUT2D eigenvalue weighted by Crippen LogP contribution is 2.26. The smallest absolute Gasteiger partial charge is 0.218 e. The van der Waals surface area contributed by atoms with Gasteiger partial charge >= 0.3 is 0 Å². The number of rotatable bonds is 1. The lowest BCUT2D eigenvalue weighted by Crippen LogP contribution is -2.59. The number of aliphatic hydroxyl groups excluding tert-OH is 3. The Morgan fingerprint density at radius 1 is 1.50 bits per heavy atom. The molecule has 5 heteroatoms. The minimum Gasteiger partial charge on any atom is -0.391 e. The Morgan fingerprint density at radius 3 is 2.58 bits per heavy atom. The summed E-state index contributed by atoms with van der Waals surface area (Å²) in [6.45, 7) is 0.922. The molecule has 12 heavy (non-hydrogen) atoms. The van der Waals surface area contributed by atoms with E-state index in [4.69, 9.17) is 9.84 Å². The predicted octanol–water partition coefficient (Wildman–Crippen LogP) is -1.80. The van der Waals surface area contributed by atoms with Gasteiger partial charge in [-0.15, -0.1) is 0 Å². The van der Waals surface area contributed by atoms with Crippen molar-refractivity contribution in [2.75, 3.05) is 6.61 Å². The highest BCUT2D eigenvalue weighted by molar-refractivity contribution is 4.88. The molecule has 0 radical (unpaired) electrons. The van der Waals surface area contributed by atoms with E-state index in [1.807, 2.05) is 0 Å². The Labute approximate surface area is 70.2 Å². The zero-order valence-electron chi connectivity index (χ0n) is 6.84. The van der Waals surface area contributed by atoms with Crippen LogP contribution in [0.3, 0.4) is 0 Å². The van der Waals surface area contributed by atoms with Crippen LogP contribution in [0.4, 0.5) is 0 Å². The maximum Gasteiger partial charge on any atom is 0.218 e. The Kier molecular flexibility index (Phi) is 2.70. The van der Waals surface area contributed by atoms with Gasteiger partial charge in [0.05, 0.1) is 18.8 Å². The van der Waals surface area contributed by atoms with E-state index >= 15 is 0 Å². The third-order valence-corrected chi connectivity index (χ3v) is 2.03. The molecule has 0 saturated carbocycles. The molecule has 0 spiro atoms. The maximum atomic E-state index is 9.41. The molecule has 1 aliphatic rings. The second-order valence-electron chi connectivity index (χ2n) is 3.18. The quantitative estimate of drug-likeness (QED) is 0.380. The van der Waals surface area contributed by atoms with Gasteiger partial charge in [0.1, 0.15) is 6.10 Å². The molecule has 0 aromatic carbocycles. The summed E-state index contributed by atoms with van der Waals surface area (Å²) in [4.78, 5) is 0. The Balaban J connectivity index is 2.72. The first-order valence-corrected chi connectivity index (χ1v) is 3.87. The van der Waals surface area contributed by atoms with Gasteiger partial charge in [0.25, 0.3) is 0 Å². The monoisotopic (exact) mass is 178 g/mol. The fourth-order valence-electron chi connectivity index (χ4n) is 1.37. The van der Waals surface area contributed by atoms with Crippen LogP contribution in [-0.4, -0.2) is 51.1 Å². The van der Waals surface area contributed by atoms with E-state index in [0.717, 1.165) is 0 Å². The minimum absolute atomic E-state index is 0.253. The first-order chi connectivity index (χ1) is 5.49. The van der Waals surface area contributed by atoms with Crippen molar-refractivity contribution in [3.8, 4) is 0 Å². The van der Waals surface area contributed by atoms with E-state index in [2.05, 4.69) is 0 Å². The van der Waals surface area contributed by atoms with E-state index in [0.29, 0.717) is 0 Å². The van der Waals surface area contributed by atoms with Gasteiger partial charge < -0.3 is 25.2 Å². The van der Waals surface area contributed by atoms with E-state index in [1.165, 1.54) is 0 Å². The SMILES string of the molecule is C[C@H]1C[C@@H](O)[C@H](O)[C@@](O)(CO)O1. The summed E-state index contributed by atoms with van der Waals surface area (Å²) in [6.07, 6.45) is -2.62. The Hall–Kier alpha value is -0.200. The van der Waals surface area contributed by atoms with Crippen molar-refractivity contribution < 1.29 is 25.2 Å². The molecule has 0 unspecified atom stereocenters. The van der Waals surface area contributed by atoms with Gasteiger partial charge in [-0.3, -0.25) is 0 Å². The van der Waals surface area contributed by atoms with Crippen LogP contribution in [0.5, 0.6) is 0 Å². The largest absolute Gasteiger partial charge is 0.391 e. The molecule has 1 heterocycles. The van der Waals surface area contributed by atoms with Crippen LogP contribution in [-0.2, 0) is 4.74 Å². The lowest BCUT2D eigenvalue weighted by molar-refractivity contribution is -0.329. The average molecular weight is 178 g/mol. The van der Waals surface area contributed by atoms with Gasteiger partial charge in [-0.25, -0.2) is 0 Å². The third-order valence-electron chi connectivity index (χ3n) is 2.03. The number of hydrogen-bond donors (Lipinski definition) is 4. The lowest BCUT2D eigenvalue weighted by Gasteiger charge is -2.41. The topological polar surface area (TPSA) is 90.2 Å². The minimum atomic E-state index is -2.02. The first kappa shape index (κ1) is 9.88. The number of hydrogen-bond acceptors (Lipinski definition) is 5. The average Bonchev–Trinajstić information content (AvgIpc) is 2.00. The van der Waals surface area contributed by atoms with Crippen LogP contribution >= 0.6 is 0 Å². The molecule has 1 rings (SSSR count). The molecule has 1 fully saturated rings. The molecule has 0 aromatic rings. The molecule has 4 atom stereocenters. The summed E-state index contributed by atoms with van der Waals surface area (Å²) in [7, 11) is 0. The third kappa shape index (κ3) is 1.60. The van der Waals surface area contributed by atoms with Crippen molar-refractivity contribution in [3.05, 3.63) is 0 Å². The summed E-state index contributed by atoms with van der Waals surface area (Å²) in [5.74, 6) is -2.02. The Morgan fingerprint density at radius 2 is 2.08 bits per heavy atom. The zero-order valence-corrected chi connectivity index (χ0v) is 6.84. The number of ether oxygens (including phenoxy) is 1. The lowest BCUT2D eigenvalue weighted by atomic mass is 9.96. The van der Waals surface area contributed by atoms with Gasteiger partial charge in [-0.05, 0) is 6.92 Å². The van der Waals surface area contributed by atoms with E-state index in [1.54, 1.807) is 6.92 Å². The maximum absolute atomic E-state index is 9.41. The molecule has 0 aromatic heterocycles. The van der Waals surface area contributed by atoms with E-state index in [9.17, 15) is 15.3 Å². The summed E-state index contributed by atoms with van der Waals surface area (Å²) in [5.41, 5.74) is 0. The van der Waals surface area contributed by atoms with Crippen LogP contribution in [0, 0.1) is 0 Å². The predicted molar refractivity (Wildman–Crippen MR) is 39.2 cm³/mol. The van der Waals surface area contributed by atoms with Crippen LogP contribution in [0.15, 0.2) is 0 Å². The van der Waals surface area contributed by atoms with Crippen LogP contribution in [0.1, 0.15) is 13.3 Å². The van der Waals surface area contributed by atoms with Crippen molar-refractivity contribution in [2.24, 2.45) is 0 Å². The summed E-state index contributed by atoms with van der Waals surface area (Å²) >= 11 is 0. The summed E-state index contributed by atoms with van der Waals surface area (Å²) in [5, 5.41) is 36.6. The van der Waals surface area contributed by atoms with Crippen LogP contribution in [0.25, 0.3) is 0 Å².